The first-order chi connectivity index (χ1) is 13.9. The molecule has 0 radical (unpaired) electrons. The summed E-state index contributed by atoms with van der Waals surface area (Å²) in [4.78, 5) is 16.7. The fourth-order valence-electron chi connectivity index (χ4n) is 2.63. The Morgan fingerprint density at radius 1 is 1.14 bits per heavy atom. The normalized spacial score (nSPS) is 12.3. The van der Waals surface area contributed by atoms with Gasteiger partial charge in [0.2, 0.25) is 15.9 Å². The van der Waals surface area contributed by atoms with Crippen molar-refractivity contribution in [2.24, 2.45) is 0 Å². The van der Waals surface area contributed by atoms with Gasteiger partial charge in [-0.15, -0.1) is 0 Å². The van der Waals surface area contributed by atoms with Gasteiger partial charge in [0, 0.05) is 12.7 Å². The highest BCUT2D eigenvalue weighted by Gasteiger charge is 2.26. The number of pyridine rings is 1. The van der Waals surface area contributed by atoms with Gasteiger partial charge in [-0.1, -0.05) is 43.9 Å². The molecule has 0 fully saturated rings. The lowest BCUT2D eigenvalue weighted by Crippen LogP contribution is -2.50. The number of carbonyl (C=O) groups is 1. The summed E-state index contributed by atoms with van der Waals surface area (Å²) in [6, 6.07) is 8.79. The van der Waals surface area contributed by atoms with E-state index >= 15 is 0 Å². The van der Waals surface area contributed by atoms with Crippen LogP contribution in [0.5, 0.6) is 5.75 Å². The molecule has 29 heavy (non-hydrogen) atoms. The minimum atomic E-state index is -3.87. The predicted octanol–water partition coefficient (Wildman–Crippen LogP) is 2.81. The number of amides is 1. The first-order valence-corrected chi connectivity index (χ1v) is 11.3. The van der Waals surface area contributed by atoms with Crippen molar-refractivity contribution in [3.63, 3.8) is 0 Å². The van der Waals surface area contributed by atoms with Gasteiger partial charge in [0.15, 0.2) is 0 Å². The van der Waals surface area contributed by atoms with Gasteiger partial charge in [-0.2, -0.15) is 4.72 Å². The van der Waals surface area contributed by atoms with Crippen LogP contribution in [0.2, 0.25) is 0 Å². The molecule has 0 spiro atoms. The Bertz CT molecular complexity index is 855. The molecule has 0 aliphatic rings. The average Bonchev–Trinajstić information content (AvgIpc) is 2.72. The molecule has 1 heterocycles. The van der Waals surface area contributed by atoms with Gasteiger partial charge in [-0.05, 0) is 37.6 Å². The topological polar surface area (TPSA) is 97.4 Å². The number of rotatable bonds is 12. The molecule has 1 aromatic heterocycles. The SMILES string of the molecule is CCCCCCNC(=O)C(COc1cccnc1)NS(=O)(=O)c1ccc(C)cc1. The number of unbranched alkanes of at least 4 members (excludes halogenated alkanes) is 3. The standard InChI is InChI=1S/C21H29N3O4S/c1-3-4-5-6-14-23-21(25)20(16-28-18-8-7-13-22-15-18)24-29(26,27)19-11-9-17(2)10-12-19/h7-13,15,20,24H,3-6,14,16H2,1-2H3,(H,23,25). The molecule has 0 aliphatic heterocycles. The number of carbonyl (C=O) groups excluding carboxylic acids is 1. The van der Waals surface area contributed by atoms with E-state index in [0.717, 1.165) is 31.2 Å². The van der Waals surface area contributed by atoms with E-state index in [1.807, 2.05) is 6.92 Å². The fourth-order valence-corrected chi connectivity index (χ4v) is 3.81. The Morgan fingerprint density at radius 2 is 1.90 bits per heavy atom. The van der Waals surface area contributed by atoms with Crippen LogP contribution in [0.15, 0.2) is 53.7 Å². The number of nitrogens with one attached hydrogen (secondary N) is 2. The molecule has 158 valence electrons. The van der Waals surface area contributed by atoms with Gasteiger partial charge in [0.05, 0.1) is 11.1 Å². The second-order valence-corrected chi connectivity index (χ2v) is 8.55. The number of hydrogen-bond acceptors (Lipinski definition) is 5. The second-order valence-electron chi connectivity index (χ2n) is 6.84. The summed E-state index contributed by atoms with van der Waals surface area (Å²) in [5, 5.41) is 2.80. The predicted molar refractivity (Wildman–Crippen MR) is 112 cm³/mol. The maximum atomic E-state index is 12.7. The van der Waals surface area contributed by atoms with Gasteiger partial charge in [0.1, 0.15) is 18.4 Å². The number of aromatic nitrogens is 1. The van der Waals surface area contributed by atoms with Crippen LogP contribution in [-0.2, 0) is 14.8 Å². The summed E-state index contributed by atoms with van der Waals surface area (Å²) in [6.07, 6.45) is 7.18. The number of aryl methyl sites for hydroxylation is 1. The van der Waals surface area contributed by atoms with Crippen molar-refractivity contribution in [3.8, 4) is 5.75 Å². The molecule has 0 saturated carbocycles. The molecule has 0 saturated heterocycles. The van der Waals surface area contributed by atoms with E-state index in [4.69, 9.17) is 4.74 Å². The van der Waals surface area contributed by atoms with Crippen LogP contribution < -0.4 is 14.8 Å². The molecule has 1 amide bonds. The van der Waals surface area contributed by atoms with Crippen molar-refractivity contribution < 1.29 is 17.9 Å². The molecule has 2 aromatic rings. The Balaban J connectivity index is 2.06. The fraction of sp³-hybridized carbons (Fsp3) is 0.429. The zero-order valence-corrected chi connectivity index (χ0v) is 17.7. The molecule has 1 aromatic carbocycles. The van der Waals surface area contributed by atoms with Crippen LogP contribution in [0, 0.1) is 6.92 Å². The Hall–Kier alpha value is -2.45. The van der Waals surface area contributed by atoms with Gasteiger partial charge in [-0.25, -0.2) is 8.42 Å². The van der Waals surface area contributed by atoms with Crippen molar-refractivity contribution in [3.05, 3.63) is 54.4 Å². The number of nitrogens with zero attached hydrogens (tertiary/aromatic N) is 1. The highest BCUT2D eigenvalue weighted by Crippen LogP contribution is 2.12. The molecular weight excluding hydrogens is 390 g/mol. The van der Waals surface area contributed by atoms with Crippen molar-refractivity contribution in [2.45, 2.75) is 50.5 Å². The van der Waals surface area contributed by atoms with Crippen LogP contribution in [0.25, 0.3) is 0 Å². The van der Waals surface area contributed by atoms with Gasteiger partial charge < -0.3 is 10.1 Å². The summed E-state index contributed by atoms with van der Waals surface area (Å²) in [7, 11) is -3.87. The minimum absolute atomic E-state index is 0.102. The molecule has 7 nitrogen and oxygen atoms in total. The zero-order valence-electron chi connectivity index (χ0n) is 16.9. The third-order valence-electron chi connectivity index (χ3n) is 4.33. The summed E-state index contributed by atoms with van der Waals surface area (Å²) >= 11 is 0. The smallest absolute Gasteiger partial charge is 0.241 e. The van der Waals surface area contributed by atoms with Gasteiger partial charge in [0.25, 0.3) is 0 Å². The van der Waals surface area contributed by atoms with Crippen LogP contribution >= 0.6 is 0 Å². The Labute approximate surface area is 172 Å². The van der Waals surface area contributed by atoms with Gasteiger partial charge >= 0.3 is 0 Å². The largest absolute Gasteiger partial charge is 0.490 e. The molecule has 2 rings (SSSR count). The molecule has 1 atom stereocenters. The molecule has 0 bridgehead atoms. The summed E-state index contributed by atoms with van der Waals surface area (Å²) in [5.74, 6) is 0.0452. The van der Waals surface area contributed by atoms with Crippen molar-refractivity contribution in [1.29, 1.82) is 0 Å². The average molecular weight is 420 g/mol. The lowest BCUT2D eigenvalue weighted by atomic mass is 10.2. The molecule has 1 unspecified atom stereocenters. The third-order valence-corrected chi connectivity index (χ3v) is 5.81. The monoisotopic (exact) mass is 419 g/mol. The highest BCUT2D eigenvalue weighted by molar-refractivity contribution is 7.89. The second kappa shape index (κ2) is 11.5. The van der Waals surface area contributed by atoms with E-state index in [1.54, 1.807) is 30.5 Å². The van der Waals surface area contributed by atoms with E-state index in [0.29, 0.717) is 12.3 Å². The number of benzene rings is 1. The van der Waals surface area contributed by atoms with Crippen LogP contribution in [0.3, 0.4) is 0 Å². The van der Waals surface area contributed by atoms with Crippen molar-refractivity contribution in [2.75, 3.05) is 13.2 Å². The quantitative estimate of drug-likeness (QED) is 0.516. The lowest BCUT2D eigenvalue weighted by Gasteiger charge is -2.19. The van der Waals surface area contributed by atoms with Crippen molar-refractivity contribution in [1.82, 2.24) is 15.0 Å². The number of sulfonamides is 1. The van der Waals surface area contributed by atoms with Crippen LogP contribution in [-0.4, -0.2) is 38.5 Å². The first-order valence-electron chi connectivity index (χ1n) is 9.82. The summed E-state index contributed by atoms with van der Waals surface area (Å²) < 4.78 is 33.5. The molecule has 8 heteroatoms. The molecule has 0 aliphatic carbocycles. The maximum absolute atomic E-state index is 12.7. The Morgan fingerprint density at radius 3 is 2.55 bits per heavy atom. The highest BCUT2D eigenvalue weighted by atomic mass is 32.2. The lowest BCUT2D eigenvalue weighted by molar-refractivity contribution is -0.123. The minimum Gasteiger partial charge on any atom is -0.490 e. The Kier molecular flexibility index (Phi) is 9.08. The van der Waals surface area contributed by atoms with E-state index in [9.17, 15) is 13.2 Å². The number of hydrogen-bond donors (Lipinski definition) is 2. The summed E-state index contributed by atoms with van der Waals surface area (Å²) in [5.41, 5.74) is 0.949. The third kappa shape index (κ3) is 7.83. The zero-order chi connectivity index (χ0) is 21.1. The van der Waals surface area contributed by atoms with E-state index in [-0.39, 0.29) is 11.5 Å². The first kappa shape index (κ1) is 22.8. The van der Waals surface area contributed by atoms with E-state index < -0.39 is 22.0 Å². The molecule has 2 N–H and O–H groups in total. The number of ether oxygens (including phenoxy) is 1. The summed E-state index contributed by atoms with van der Waals surface area (Å²) in [6.45, 7) is 4.34. The van der Waals surface area contributed by atoms with E-state index in [2.05, 4.69) is 21.9 Å². The van der Waals surface area contributed by atoms with E-state index in [1.165, 1.54) is 18.3 Å². The van der Waals surface area contributed by atoms with Crippen LogP contribution in [0.4, 0.5) is 0 Å². The van der Waals surface area contributed by atoms with Gasteiger partial charge in [-0.3, -0.25) is 9.78 Å². The van der Waals surface area contributed by atoms with Crippen molar-refractivity contribution >= 4 is 15.9 Å². The van der Waals surface area contributed by atoms with Crippen LogP contribution in [0.1, 0.15) is 38.2 Å². The molecular formula is C21H29N3O4S. The maximum Gasteiger partial charge on any atom is 0.241 e.